The minimum absolute atomic E-state index is 0.0884. The van der Waals surface area contributed by atoms with E-state index in [-0.39, 0.29) is 18.2 Å². The highest BCUT2D eigenvalue weighted by atomic mass is 16.5. The first kappa shape index (κ1) is 14.5. The van der Waals surface area contributed by atoms with Crippen LogP contribution in [0, 0.1) is 0 Å². The van der Waals surface area contributed by atoms with E-state index in [1.165, 1.54) is 0 Å². The molecule has 7 heteroatoms. The van der Waals surface area contributed by atoms with Crippen LogP contribution in [0.25, 0.3) is 0 Å². The number of nitrogens with zero attached hydrogens (tertiary/aromatic N) is 3. The van der Waals surface area contributed by atoms with E-state index < -0.39 is 0 Å². The fourth-order valence-electron chi connectivity index (χ4n) is 2.61. The summed E-state index contributed by atoms with van der Waals surface area (Å²) in [6.07, 6.45) is 7.51. The van der Waals surface area contributed by atoms with Crippen LogP contribution in [0.3, 0.4) is 0 Å². The van der Waals surface area contributed by atoms with Crippen molar-refractivity contribution in [1.82, 2.24) is 19.9 Å². The number of anilines is 1. The molecule has 0 aliphatic carbocycles. The maximum Gasteiger partial charge on any atom is 0.319 e. The van der Waals surface area contributed by atoms with E-state index in [1.54, 1.807) is 30.7 Å². The maximum atomic E-state index is 12.1. The fourth-order valence-corrected chi connectivity index (χ4v) is 2.61. The molecule has 0 saturated carbocycles. The molecule has 2 aromatic rings. The largest absolute Gasteiger partial charge is 0.368 e. The normalized spacial score (nSPS) is 20.8. The molecule has 0 aromatic carbocycles. The molecule has 2 N–H and O–H groups in total. The van der Waals surface area contributed by atoms with Gasteiger partial charge in [-0.1, -0.05) is 0 Å². The molecule has 2 atom stereocenters. The summed E-state index contributed by atoms with van der Waals surface area (Å²) in [7, 11) is 0. The SMILES string of the molecule is CCn1ccnc1[C@H]1OCC[C@@H]1NC(=O)Nc1ccncc1. The second kappa shape index (κ2) is 6.57. The number of imidazole rings is 1. The van der Waals surface area contributed by atoms with Gasteiger partial charge in [0.05, 0.1) is 6.04 Å². The quantitative estimate of drug-likeness (QED) is 0.904. The first-order valence-electron chi connectivity index (χ1n) is 7.38. The van der Waals surface area contributed by atoms with Crippen LogP contribution in [0.15, 0.2) is 36.9 Å². The molecule has 0 radical (unpaired) electrons. The van der Waals surface area contributed by atoms with Gasteiger partial charge < -0.3 is 19.9 Å². The van der Waals surface area contributed by atoms with Gasteiger partial charge in [-0.2, -0.15) is 0 Å². The summed E-state index contributed by atoms with van der Waals surface area (Å²) < 4.78 is 7.80. The molecule has 1 fully saturated rings. The van der Waals surface area contributed by atoms with E-state index in [4.69, 9.17) is 4.74 Å². The van der Waals surface area contributed by atoms with Gasteiger partial charge >= 0.3 is 6.03 Å². The zero-order chi connectivity index (χ0) is 15.4. The lowest BCUT2D eigenvalue weighted by atomic mass is 10.1. The van der Waals surface area contributed by atoms with Crippen LogP contribution in [0.4, 0.5) is 10.5 Å². The summed E-state index contributed by atoms with van der Waals surface area (Å²) in [5, 5.41) is 5.76. The van der Waals surface area contributed by atoms with Crippen LogP contribution in [-0.4, -0.2) is 33.2 Å². The van der Waals surface area contributed by atoms with Gasteiger partial charge in [-0.05, 0) is 25.5 Å². The number of pyridine rings is 1. The van der Waals surface area contributed by atoms with Gasteiger partial charge in [0, 0.05) is 43.6 Å². The van der Waals surface area contributed by atoms with Gasteiger partial charge in [0.15, 0.2) is 0 Å². The standard InChI is InChI=1S/C15H19N5O2/c1-2-20-9-8-17-14(20)13-12(5-10-22-13)19-15(21)18-11-3-6-16-7-4-11/h3-4,6-9,12-13H,2,5,10H2,1H3,(H2,16,18,19,21)/t12-,13-/m0/s1. The van der Waals surface area contributed by atoms with Crippen molar-refractivity contribution in [3.63, 3.8) is 0 Å². The second-order valence-electron chi connectivity index (χ2n) is 5.09. The number of urea groups is 1. The summed E-state index contributed by atoms with van der Waals surface area (Å²) >= 11 is 0. The Balaban J connectivity index is 1.65. The lowest BCUT2D eigenvalue weighted by molar-refractivity contribution is 0.0906. The average Bonchev–Trinajstić information content (AvgIpc) is 3.16. The molecule has 1 aliphatic heterocycles. The number of hydrogen-bond acceptors (Lipinski definition) is 4. The van der Waals surface area contributed by atoms with E-state index in [0.717, 1.165) is 18.8 Å². The molecule has 2 amide bonds. The molecule has 1 saturated heterocycles. The van der Waals surface area contributed by atoms with Crippen LogP contribution in [0.1, 0.15) is 25.3 Å². The highest BCUT2D eigenvalue weighted by Crippen LogP contribution is 2.28. The maximum absolute atomic E-state index is 12.1. The summed E-state index contributed by atoms with van der Waals surface area (Å²) in [6.45, 7) is 3.49. The van der Waals surface area contributed by atoms with E-state index in [9.17, 15) is 4.79 Å². The second-order valence-corrected chi connectivity index (χ2v) is 5.09. The number of aryl methyl sites for hydroxylation is 1. The number of carbonyl (C=O) groups is 1. The van der Waals surface area contributed by atoms with Gasteiger partial charge in [-0.3, -0.25) is 4.98 Å². The van der Waals surface area contributed by atoms with Crippen LogP contribution in [0.5, 0.6) is 0 Å². The van der Waals surface area contributed by atoms with Crippen molar-refractivity contribution >= 4 is 11.7 Å². The van der Waals surface area contributed by atoms with Crippen LogP contribution < -0.4 is 10.6 Å². The Morgan fingerprint density at radius 1 is 1.41 bits per heavy atom. The topological polar surface area (TPSA) is 81.1 Å². The van der Waals surface area contributed by atoms with Gasteiger partial charge in [-0.25, -0.2) is 9.78 Å². The monoisotopic (exact) mass is 301 g/mol. The van der Waals surface area contributed by atoms with Crippen molar-refractivity contribution in [2.24, 2.45) is 0 Å². The van der Waals surface area contributed by atoms with Crippen molar-refractivity contribution < 1.29 is 9.53 Å². The number of rotatable bonds is 4. The molecule has 0 spiro atoms. The summed E-state index contributed by atoms with van der Waals surface area (Å²) in [4.78, 5) is 20.4. The third kappa shape index (κ3) is 3.09. The van der Waals surface area contributed by atoms with Crippen molar-refractivity contribution in [2.45, 2.75) is 32.0 Å². The molecule has 7 nitrogen and oxygen atoms in total. The predicted molar refractivity (Wildman–Crippen MR) is 81.4 cm³/mol. The Labute approximate surface area is 128 Å². The molecule has 22 heavy (non-hydrogen) atoms. The molecule has 3 heterocycles. The molecule has 0 unspecified atom stereocenters. The summed E-state index contributed by atoms with van der Waals surface area (Å²) in [6, 6.07) is 3.15. The number of amides is 2. The Morgan fingerprint density at radius 2 is 2.23 bits per heavy atom. The Morgan fingerprint density at radius 3 is 3.00 bits per heavy atom. The molecule has 1 aliphatic rings. The number of nitrogens with one attached hydrogen (secondary N) is 2. The lowest BCUT2D eigenvalue weighted by Gasteiger charge is -2.20. The summed E-state index contributed by atoms with van der Waals surface area (Å²) in [5.41, 5.74) is 0.707. The minimum atomic E-state index is -0.249. The molecule has 116 valence electrons. The Bertz CT molecular complexity index is 628. The third-order valence-corrected chi connectivity index (χ3v) is 3.69. The number of aromatic nitrogens is 3. The lowest BCUT2D eigenvalue weighted by Crippen LogP contribution is -2.40. The number of carbonyl (C=O) groups excluding carboxylic acids is 1. The highest BCUT2D eigenvalue weighted by molar-refractivity contribution is 5.89. The highest BCUT2D eigenvalue weighted by Gasteiger charge is 2.33. The average molecular weight is 301 g/mol. The van der Waals surface area contributed by atoms with Crippen molar-refractivity contribution in [3.8, 4) is 0 Å². The number of hydrogen-bond donors (Lipinski definition) is 2. The zero-order valence-electron chi connectivity index (χ0n) is 12.4. The van der Waals surface area contributed by atoms with Crippen molar-refractivity contribution in [2.75, 3.05) is 11.9 Å². The smallest absolute Gasteiger partial charge is 0.319 e. The first-order chi connectivity index (χ1) is 10.8. The van der Waals surface area contributed by atoms with Gasteiger partial charge in [0.1, 0.15) is 11.9 Å². The molecule has 0 bridgehead atoms. The molecular weight excluding hydrogens is 282 g/mol. The Hall–Kier alpha value is -2.41. The minimum Gasteiger partial charge on any atom is -0.368 e. The van der Waals surface area contributed by atoms with Crippen molar-refractivity contribution in [3.05, 3.63) is 42.7 Å². The fraction of sp³-hybridized carbons (Fsp3) is 0.400. The predicted octanol–water partition coefficient (Wildman–Crippen LogP) is 1.95. The van der Waals surface area contributed by atoms with Crippen LogP contribution in [-0.2, 0) is 11.3 Å². The van der Waals surface area contributed by atoms with Gasteiger partial charge in [0.2, 0.25) is 0 Å². The van der Waals surface area contributed by atoms with Crippen LogP contribution >= 0.6 is 0 Å². The zero-order valence-corrected chi connectivity index (χ0v) is 12.4. The van der Waals surface area contributed by atoms with Crippen LogP contribution in [0.2, 0.25) is 0 Å². The Kier molecular flexibility index (Phi) is 4.34. The van der Waals surface area contributed by atoms with Gasteiger partial charge in [-0.15, -0.1) is 0 Å². The first-order valence-corrected chi connectivity index (χ1v) is 7.38. The van der Waals surface area contributed by atoms with E-state index in [1.807, 2.05) is 10.8 Å². The molecular formula is C15H19N5O2. The third-order valence-electron chi connectivity index (χ3n) is 3.69. The van der Waals surface area contributed by atoms with E-state index in [2.05, 4.69) is 27.5 Å². The molecule has 2 aromatic heterocycles. The van der Waals surface area contributed by atoms with Crippen molar-refractivity contribution in [1.29, 1.82) is 0 Å². The summed E-state index contributed by atoms with van der Waals surface area (Å²) in [5.74, 6) is 0.856. The van der Waals surface area contributed by atoms with E-state index in [0.29, 0.717) is 12.3 Å². The molecule has 3 rings (SSSR count). The number of ether oxygens (including phenoxy) is 1. The van der Waals surface area contributed by atoms with E-state index >= 15 is 0 Å². The van der Waals surface area contributed by atoms with Gasteiger partial charge in [0.25, 0.3) is 0 Å².